The van der Waals surface area contributed by atoms with Gasteiger partial charge < -0.3 is 14.2 Å². The molecule has 1 aliphatic heterocycles. The lowest BCUT2D eigenvalue weighted by atomic mass is 9.99. The van der Waals surface area contributed by atoms with Crippen molar-refractivity contribution in [1.29, 1.82) is 0 Å². The molecule has 31 heavy (non-hydrogen) atoms. The van der Waals surface area contributed by atoms with Crippen LogP contribution in [0.4, 0.5) is 0 Å². The fraction of sp³-hybridized carbons (Fsp3) is 0.375. The molecule has 2 aromatic heterocycles. The summed E-state index contributed by atoms with van der Waals surface area (Å²) < 4.78 is 6.01. The molecule has 0 N–H and O–H groups in total. The van der Waals surface area contributed by atoms with Crippen LogP contribution in [-0.2, 0) is 0 Å². The van der Waals surface area contributed by atoms with Crippen LogP contribution >= 0.6 is 11.6 Å². The number of fused-ring (bicyclic) bond motifs is 2. The second-order valence-corrected chi connectivity index (χ2v) is 8.24. The van der Waals surface area contributed by atoms with Gasteiger partial charge in [0.15, 0.2) is 5.43 Å². The summed E-state index contributed by atoms with van der Waals surface area (Å²) in [6.45, 7) is 9.43. The van der Waals surface area contributed by atoms with Crippen molar-refractivity contribution >= 4 is 28.5 Å². The predicted molar refractivity (Wildman–Crippen MR) is 122 cm³/mol. The van der Waals surface area contributed by atoms with Gasteiger partial charge in [-0.1, -0.05) is 25.4 Å². The first kappa shape index (κ1) is 21.5. The highest BCUT2D eigenvalue weighted by atomic mass is 35.5. The molecule has 7 heteroatoms. The summed E-state index contributed by atoms with van der Waals surface area (Å²) >= 11 is 6.28. The second-order valence-electron chi connectivity index (χ2n) is 7.83. The Morgan fingerprint density at radius 3 is 2.55 bits per heavy atom. The number of halogens is 1. The molecule has 3 aromatic rings. The third-order valence-corrected chi connectivity index (χ3v) is 6.44. The lowest BCUT2D eigenvalue weighted by Crippen LogP contribution is -2.33. The number of hydrogen-bond acceptors (Lipinski definition) is 5. The van der Waals surface area contributed by atoms with Gasteiger partial charge in [-0.25, -0.2) is 0 Å². The van der Waals surface area contributed by atoms with Crippen LogP contribution in [0.5, 0.6) is 0 Å². The summed E-state index contributed by atoms with van der Waals surface area (Å²) in [4.78, 5) is 35.1. The minimum absolute atomic E-state index is 0.129. The molecule has 0 spiro atoms. The fourth-order valence-corrected chi connectivity index (χ4v) is 4.43. The highest BCUT2D eigenvalue weighted by Gasteiger charge is 2.42. The van der Waals surface area contributed by atoms with Crippen molar-refractivity contribution in [3.63, 3.8) is 0 Å². The molecule has 0 bridgehead atoms. The number of pyridine rings is 1. The van der Waals surface area contributed by atoms with Crippen LogP contribution in [0.25, 0.3) is 11.0 Å². The molecule has 0 saturated carbocycles. The molecule has 1 unspecified atom stereocenters. The van der Waals surface area contributed by atoms with Gasteiger partial charge >= 0.3 is 0 Å². The standard InChI is InChI=1S/C24H26ClN3O3/c1-4-27(5-2)11-6-12-28-21(16-7-9-26-10-8-16)20-22(29)17-14-18(25)15(3)13-19(17)31-23(20)24(28)30/h7-10,13-14,21H,4-6,11-12H2,1-3H3. The summed E-state index contributed by atoms with van der Waals surface area (Å²) in [6, 6.07) is 6.54. The van der Waals surface area contributed by atoms with E-state index in [1.807, 2.05) is 19.1 Å². The Labute approximate surface area is 186 Å². The van der Waals surface area contributed by atoms with E-state index in [0.29, 0.717) is 28.1 Å². The third-order valence-electron chi connectivity index (χ3n) is 6.04. The molecule has 0 radical (unpaired) electrons. The normalized spacial score (nSPS) is 15.8. The largest absolute Gasteiger partial charge is 0.450 e. The number of benzene rings is 1. The summed E-state index contributed by atoms with van der Waals surface area (Å²) in [6.07, 6.45) is 4.16. The maximum absolute atomic E-state index is 13.5. The number of carbonyl (C=O) groups excluding carboxylic acids is 1. The van der Waals surface area contributed by atoms with E-state index < -0.39 is 6.04 Å². The summed E-state index contributed by atoms with van der Waals surface area (Å²) in [5.41, 5.74) is 2.20. The molecule has 3 heterocycles. The molecular formula is C24H26ClN3O3. The summed E-state index contributed by atoms with van der Waals surface area (Å²) in [5, 5.41) is 0.895. The van der Waals surface area contributed by atoms with Gasteiger partial charge in [-0.3, -0.25) is 14.6 Å². The average molecular weight is 440 g/mol. The van der Waals surface area contributed by atoms with Crippen molar-refractivity contribution in [3.05, 3.63) is 74.4 Å². The molecular weight excluding hydrogens is 414 g/mol. The van der Waals surface area contributed by atoms with E-state index in [1.165, 1.54) is 0 Å². The van der Waals surface area contributed by atoms with E-state index >= 15 is 0 Å². The van der Waals surface area contributed by atoms with Crippen LogP contribution in [0, 0.1) is 6.92 Å². The number of hydrogen-bond donors (Lipinski definition) is 0. The maximum atomic E-state index is 13.5. The monoisotopic (exact) mass is 439 g/mol. The summed E-state index contributed by atoms with van der Waals surface area (Å²) in [5.74, 6) is -0.119. The highest BCUT2D eigenvalue weighted by Crippen LogP contribution is 2.38. The van der Waals surface area contributed by atoms with Crippen LogP contribution in [0.3, 0.4) is 0 Å². The zero-order valence-corrected chi connectivity index (χ0v) is 18.8. The maximum Gasteiger partial charge on any atom is 0.290 e. The topological polar surface area (TPSA) is 66.7 Å². The Morgan fingerprint density at radius 2 is 1.87 bits per heavy atom. The number of aryl methyl sites for hydroxylation is 1. The van der Waals surface area contributed by atoms with E-state index in [4.69, 9.17) is 16.0 Å². The molecule has 1 aliphatic rings. The van der Waals surface area contributed by atoms with Crippen molar-refractivity contribution in [1.82, 2.24) is 14.8 Å². The van der Waals surface area contributed by atoms with E-state index in [2.05, 4.69) is 23.7 Å². The van der Waals surface area contributed by atoms with Gasteiger partial charge in [-0.2, -0.15) is 0 Å². The van der Waals surface area contributed by atoms with Crippen molar-refractivity contribution in [3.8, 4) is 0 Å². The van der Waals surface area contributed by atoms with Gasteiger partial charge in [-0.15, -0.1) is 0 Å². The highest BCUT2D eigenvalue weighted by molar-refractivity contribution is 6.32. The minimum Gasteiger partial charge on any atom is -0.450 e. The molecule has 0 aliphatic carbocycles. The lowest BCUT2D eigenvalue weighted by molar-refractivity contribution is 0.0720. The van der Waals surface area contributed by atoms with Gasteiger partial charge in [0.1, 0.15) is 5.58 Å². The molecule has 1 atom stereocenters. The zero-order valence-electron chi connectivity index (χ0n) is 18.0. The Morgan fingerprint density at radius 1 is 1.16 bits per heavy atom. The Kier molecular flexibility index (Phi) is 6.12. The van der Waals surface area contributed by atoms with Gasteiger partial charge in [0.05, 0.1) is 17.0 Å². The molecule has 0 saturated heterocycles. The number of amides is 1. The minimum atomic E-state index is -0.497. The number of rotatable bonds is 7. The van der Waals surface area contributed by atoms with Crippen molar-refractivity contribution in [2.24, 2.45) is 0 Å². The zero-order chi connectivity index (χ0) is 22.1. The predicted octanol–water partition coefficient (Wildman–Crippen LogP) is 4.43. The molecule has 1 amide bonds. The Hall–Kier alpha value is -2.70. The number of nitrogens with zero attached hydrogens (tertiary/aromatic N) is 3. The van der Waals surface area contributed by atoms with Crippen molar-refractivity contribution < 1.29 is 9.21 Å². The van der Waals surface area contributed by atoms with E-state index in [9.17, 15) is 9.59 Å². The van der Waals surface area contributed by atoms with E-state index in [-0.39, 0.29) is 17.1 Å². The lowest BCUT2D eigenvalue weighted by Gasteiger charge is -2.26. The first-order valence-electron chi connectivity index (χ1n) is 10.7. The second kappa shape index (κ2) is 8.81. The van der Waals surface area contributed by atoms with E-state index in [0.717, 1.165) is 37.2 Å². The first-order valence-corrected chi connectivity index (χ1v) is 11.0. The van der Waals surface area contributed by atoms with E-state index in [1.54, 1.807) is 29.4 Å². The van der Waals surface area contributed by atoms with Crippen LogP contribution in [0.15, 0.2) is 45.9 Å². The van der Waals surface area contributed by atoms with Gasteiger partial charge in [-0.05, 0) is 68.4 Å². The van der Waals surface area contributed by atoms with Crippen molar-refractivity contribution in [2.45, 2.75) is 33.2 Å². The number of carbonyl (C=O) groups is 1. The quantitative estimate of drug-likeness (QED) is 0.545. The van der Waals surface area contributed by atoms with Crippen LogP contribution in [0.2, 0.25) is 5.02 Å². The van der Waals surface area contributed by atoms with Gasteiger partial charge in [0.25, 0.3) is 5.91 Å². The Bertz CT molecular complexity index is 1170. The number of aromatic nitrogens is 1. The molecule has 6 nitrogen and oxygen atoms in total. The third kappa shape index (κ3) is 3.86. The van der Waals surface area contributed by atoms with Crippen LogP contribution < -0.4 is 5.43 Å². The smallest absolute Gasteiger partial charge is 0.290 e. The molecule has 0 fully saturated rings. The van der Waals surface area contributed by atoms with Crippen LogP contribution in [-0.4, -0.2) is 46.9 Å². The molecule has 4 rings (SSSR count). The van der Waals surface area contributed by atoms with Gasteiger partial charge in [0, 0.05) is 24.0 Å². The average Bonchev–Trinajstić information content (AvgIpc) is 3.05. The Balaban J connectivity index is 1.81. The van der Waals surface area contributed by atoms with Gasteiger partial charge in [0.2, 0.25) is 5.76 Å². The molecule has 1 aromatic carbocycles. The van der Waals surface area contributed by atoms with Crippen LogP contribution in [0.1, 0.15) is 53.6 Å². The molecule has 162 valence electrons. The first-order chi connectivity index (χ1) is 15.0. The van der Waals surface area contributed by atoms with Crippen molar-refractivity contribution in [2.75, 3.05) is 26.2 Å². The summed E-state index contributed by atoms with van der Waals surface area (Å²) in [7, 11) is 0. The fourth-order valence-electron chi connectivity index (χ4n) is 4.27. The SMILES string of the molecule is CCN(CC)CCCN1C(=O)c2oc3cc(C)c(Cl)cc3c(=O)c2C1c1ccncc1.